The summed E-state index contributed by atoms with van der Waals surface area (Å²) in [6.07, 6.45) is 2.37. The third-order valence-electron chi connectivity index (χ3n) is 1.39. The SMILES string of the molecule is CCc1nc(CCC#N)cs1. The fourth-order valence-corrected chi connectivity index (χ4v) is 1.59. The van der Waals surface area contributed by atoms with Gasteiger partial charge in [0.05, 0.1) is 16.8 Å². The van der Waals surface area contributed by atoms with Crippen molar-refractivity contribution >= 4 is 11.3 Å². The van der Waals surface area contributed by atoms with Gasteiger partial charge < -0.3 is 0 Å². The molecule has 58 valence electrons. The van der Waals surface area contributed by atoms with Gasteiger partial charge in [0.1, 0.15) is 0 Å². The van der Waals surface area contributed by atoms with Crippen molar-refractivity contribution in [2.24, 2.45) is 0 Å². The quantitative estimate of drug-likeness (QED) is 0.690. The third-order valence-corrected chi connectivity index (χ3v) is 2.44. The number of hydrogen-bond acceptors (Lipinski definition) is 3. The smallest absolute Gasteiger partial charge is 0.0925 e. The number of aryl methyl sites for hydroxylation is 2. The van der Waals surface area contributed by atoms with Crippen LogP contribution >= 0.6 is 11.3 Å². The minimum atomic E-state index is 0.576. The lowest BCUT2D eigenvalue weighted by atomic mass is 10.3. The van der Waals surface area contributed by atoms with Crippen LogP contribution < -0.4 is 0 Å². The molecule has 1 aromatic heterocycles. The first-order valence-electron chi connectivity index (χ1n) is 3.67. The van der Waals surface area contributed by atoms with Crippen LogP contribution in [0.15, 0.2) is 5.38 Å². The largest absolute Gasteiger partial charge is 0.246 e. The Kier molecular flexibility index (Phi) is 3.06. The summed E-state index contributed by atoms with van der Waals surface area (Å²) in [6.45, 7) is 2.09. The summed E-state index contributed by atoms with van der Waals surface area (Å²) < 4.78 is 0. The average Bonchev–Trinajstić information content (AvgIpc) is 2.48. The van der Waals surface area contributed by atoms with Crippen LogP contribution in [-0.4, -0.2) is 4.98 Å². The third kappa shape index (κ3) is 2.32. The van der Waals surface area contributed by atoms with Gasteiger partial charge in [-0.25, -0.2) is 4.98 Å². The molecule has 1 rings (SSSR count). The van der Waals surface area contributed by atoms with Crippen molar-refractivity contribution in [3.8, 4) is 6.07 Å². The molecule has 0 saturated heterocycles. The number of rotatable bonds is 3. The molecule has 0 bridgehead atoms. The van der Waals surface area contributed by atoms with Gasteiger partial charge in [-0.1, -0.05) is 6.92 Å². The van der Waals surface area contributed by atoms with E-state index in [1.165, 1.54) is 0 Å². The zero-order chi connectivity index (χ0) is 8.10. The Morgan fingerprint density at radius 1 is 1.73 bits per heavy atom. The van der Waals surface area contributed by atoms with E-state index >= 15 is 0 Å². The van der Waals surface area contributed by atoms with E-state index in [2.05, 4.69) is 18.0 Å². The first-order valence-corrected chi connectivity index (χ1v) is 4.55. The van der Waals surface area contributed by atoms with Gasteiger partial charge in [0.15, 0.2) is 0 Å². The van der Waals surface area contributed by atoms with Crippen LogP contribution in [-0.2, 0) is 12.8 Å². The van der Waals surface area contributed by atoms with Gasteiger partial charge in [-0.05, 0) is 6.42 Å². The predicted molar refractivity (Wildman–Crippen MR) is 45.4 cm³/mol. The van der Waals surface area contributed by atoms with Crippen molar-refractivity contribution < 1.29 is 0 Å². The molecule has 0 saturated carbocycles. The van der Waals surface area contributed by atoms with Crippen LogP contribution in [0.25, 0.3) is 0 Å². The van der Waals surface area contributed by atoms with Gasteiger partial charge in [-0.3, -0.25) is 0 Å². The monoisotopic (exact) mass is 166 g/mol. The number of nitriles is 1. The van der Waals surface area contributed by atoms with Gasteiger partial charge in [0.2, 0.25) is 0 Å². The molecule has 11 heavy (non-hydrogen) atoms. The fourth-order valence-electron chi connectivity index (χ4n) is 0.810. The average molecular weight is 166 g/mol. The van der Waals surface area contributed by atoms with Crippen LogP contribution in [0.1, 0.15) is 24.0 Å². The second kappa shape index (κ2) is 4.09. The number of thiazole rings is 1. The Morgan fingerprint density at radius 3 is 3.09 bits per heavy atom. The summed E-state index contributed by atoms with van der Waals surface area (Å²) in [5.41, 5.74) is 1.06. The summed E-state index contributed by atoms with van der Waals surface area (Å²) in [5.74, 6) is 0. The number of aromatic nitrogens is 1. The van der Waals surface area contributed by atoms with E-state index in [1.54, 1.807) is 11.3 Å². The van der Waals surface area contributed by atoms with Crippen molar-refractivity contribution in [1.29, 1.82) is 5.26 Å². The minimum absolute atomic E-state index is 0.576. The highest BCUT2D eigenvalue weighted by Crippen LogP contribution is 2.11. The Bertz CT molecular complexity index is 259. The van der Waals surface area contributed by atoms with E-state index in [4.69, 9.17) is 5.26 Å². The summed E-state index contributed by atoms with van der Waals surface area (Å²) in [6, 6.07) is 2.11. The number of hydrogen-bond donors (Lipinski definition) is 0. The highest BCUT2D eigenvalue weighted by atomic mass is 32.1. The molecule has 0 N–H and O–H groups in total. The summed E-state index contributed by atoms with van der Waals surface area (Å²) in [7, 11) is 0. The van der Waals surface area contributed by atoms with Crippen molar-refractivity contribution in [2.75, 3.05) is 0 Å². The Labute approximate surface area is 70.5 Å². The van der Waals surface area contributed by atoms with E-state index in [9.17, 15) is 0 Å². The minimum Gasteiger partial charge on any atom is -0.246 e. The molecule has 0 aromatic carbocycles. The summed E-state index contributed by atoms with van der Waals surface area (Å²) >= 11 is 1.68. The topological polar surface area (TPSA) is 36.7 Å². The van der Waals surface area contributed by atoms with E-state index in [0.717, 1.165) is 23.5 Å². The van der Waals surface area contributed by atoms with Crippen LogP contribution in [0.5, 0.6) is 0 Å². The van der Waals surface area contributed by atoms with Crippen molar-refractivity contribution in [3.63, 3.8) is 0 Å². The zero-order valence-electron chi connectivity index (χ0n) is 6.50. The molecule has 0 atom stereocenters. The molecule has 0 spiro atoms. The number of nitrogens with zero attached hydrogens (tertiary/aromatic N) is 2. The second-order valence-corrected chi connectivity index (χ2v) is 3.19. The second-order valence-electron chi connectivity index (χ2n) is 2.24. The molecule has 0 aliphatic rings. The normalized spacial score (nSPS) is 9.45. The first kappa shape index (κ1) is 8.22. The summed E-state index contributed by atoms with van der Waals surface area (Å²) in [5, 5.41) is 11.5. The molecular weight excluding hydrogens is 156 g/mol. The molecule has 0 amide bonds. The van der Waals surface area contributed by atoms with E-state index < -0.39 is 0 Å². The maximum atomic E-state index is 8.32. The lowest BCUT2D eigenvalue weighted by Gasteiger charge is -1.86. The molecule has 0 fully saturated rings. The molecular formula is C8H10N2S. The molecule has 0 aliphatic heterocycles. The van der Waals surface area contributed by atoms with Crippen molar-refractivity contribution in [2.45, 2.75) is 26.2 Å². The van der Waals surface area contributed by atoms with E-state index in [-0.39, 0.29) is 0 Å². The standard InChI is InChI=1S/C8H10N2S/c1-2-8-10-7(6-11-8)4-3-5-9/h6H,2-4H2,1H3. The molecule has 1 heterocycles. The van der Waals surface area contributed by atoms with Gasteiger partial charge >= 0.3 is 0 Å². The molecule has 3 heteroatoms. The lowest BCUT2D eigenvalue weighted by Crippen LogP contribution is -1.84. The first-order chi connectivity index (χ1) is 5.36. The van der Waals surface area contributed by atoms with Crippen LogP contribution in [0, 0.1) is 11.3 Å². The Hall–Kier alpha value is -0.880. The van der Waals surface area contributed by atoms with Crippen LogP contribution in [0.3, 0.4) is 0 Å². The van der Waals surface area contributed by atoms with Crippen LogP contribution in [0.2, 0.25) is 0 Å². The van der Waals surface area contributed by atoms with E-state index in [1.807, 2.05) is 5.38 Å². The molecule has 1 aromatic rings. The molecule has 2 nitrogen and oxygen atoms in total. The highest BCUT2D eigenvalue weighted by Gasteiger charge is 1.98. The van der Waals surface area contributed by atoms with Crippen molar-refractivity contribution in [3.05, 3.63) is 16.1 Å². The van der Waals surface area contributed by atoms with Gasteiger partial charge in [-0.2, -0.15) is 5.26 Å². The fraction of sp³-hybridized carbons (Fsp3) is 0.500. The van der Waals surface area contributed by atoms with Gasteiger partial charge in [-0.15, -0.1) is 11.3 Å². The van der Waals surface area contributed by atoms with Gasteiger partial charge in [0, 0.05) is 18.2 Å². The van der Waals surface area contributed by atoms with Crippen LogP contribution in [0.4, 0.5) is 0 Å². The predicted octanol–water partition coefficient (Wildman–Crippen LogP) is 2.16. The molecule has 0 unspecified atom stereocenters. The molecule has 0 radical (unpaired) electrons. The maximum absolute atomic E-state index is 8.32. The Balaban J connectivity index is 2.53. The summed E-state index contributed by atoms with van der Waals surface area (Å²) in [4.78, 5) is 4.33. The Morgan fingerprint density at radius 2 is 2.55 bits per heavy atom. The zero-order valence-corrected chi connectivity index (χ0v) is 7.32. The van der Waals surface area contributed by atoms with E-state index in [0.29, 0.717) is 6.42 Å². The maximum Gasteiger partial charge on any atom is 0.0925 e. The van der Waals surface area contributed by atoms with Crippen molar-refractivity contribution in [1.82, 2.24) is 4.98 Å². The highest BCUT2D eigenvalue weighted by molar-refractivity contribution is 7.09. The lowest BCUT2D eigenvalue weighted by molar-refractivity contribution is 0.943. The van der Waals surface area contributed by atoms with Gasteiger partial charge in [0.25, 0.3) is 0 Å². The molecule has 0 aliphatic carbocycles.